The Labute approximate surface area is 156 Å². The van der Waals surface area contributed by atoms with Gasteiger partial charge in [-0.05, 0) is 30.5 Å². The fraction of sp³-hybridized carbons (Fsp3) is 0.429. The highest BCUT2D eigenvalue weighted by Crippen LogP contribution is 2.06. The number of amides is 1. The van der Waals surface area contributed by atoms with Crippen LogP contribution < -0.4 is 5.32 Å². The molecule has 1 aromatic heterocycles. The molecule has 0 aliphatic carbocycles. The Bertz CT molecular complexity index is 654. The molecule has 5 heteroatoms. The zero-order valence-corrected chi connectivity index (χ0v) is 15.3. The average molecular weight is 352 g/mol. The van der Waals surface area contributed by atoms with E-state index in [0.717, 1.165) is 57.8 Å². The lowest BCUT2D eigenvalue weighted by Gasteiger charge is -2.34. The average Bonchev–Trinajstić information content (AvgIpc) is 2.68. The molecule has 0 atom stereocenters. The second-order valence-corrected chi connectivity index (χ2v) is 6.81. The van der Waals surface area contributed by atoms with E-state index in [4.69, 9.17) is 0 Å². The SMILES string of the molecule is O=C(CN1CCN(Cc2ccccn2)CC1)NCCCc1ccccc1. The first kappa shape index (κ1) is 18.5. The van der Waals surface area contributed by atoms with Gasteiger partial charge < -0.3 is 5.32 Å². The van der Waals surface area contributed by atoms with Gasteiger partial charge in [-0.2, -0.15) is 0 Å². The van der Waals surface area contributed by atoms with Crippen LogP contribution in [-0.4, -0.2) is 60.0 Å². The van der Waals surface area contributed by atoms with Crippen LogP contribution in [0.1, 0.15) is 17.7 Å². The summed E-state index contributed by atoms with van der Waals surface area (Å²) in [6.07, 6.45) is 3.83. The number of aryl methyl sites for hydroxylation is 1. The summed E-state index contributed by atoms with van der Waals surface area (Å²) in [6, 6.07) is 16.4. The van der Waals surface area contributed by atoms with Gasteiger partial charge in [-0.3, -0.25) is 19.6 Å². The van der Waals surface area contributed by atoms with E-state index in [-0.39, 0.29) is 5.91 Å². The second-order valence-electron chi connectivity index (χ2n) is 6.81. The summed E-state index contributed by atoms with van der Waals surface area (Å²) in [5.41, 5.74) is 2.43. The molecule has 1 aliphatic rings. The zero-order chi connectivity index (χ0) is 18.0. The van der Waals surface area contributed by atoms with Gasteiger partial charge in [0.2, 0.25) is 5.91 Å². The zero-order valence-electron chi connectivity index (χ0n) is 15.3. The lowest BCUT2D eigenvalue weighted by atomic mass is 10.1. The fourth-order valence-electron chi connectivity index (χ4n) is 3.25. The quantitative estimate of drug-likeness (QED) is 0.738. The lowest BCUT2D eigenvalue weighted by Crippen LogP contribution is -2.49. The van der Waals surface area contributed by atoms with Gasteiger partial charge in [0.15, 0.2) is 0 Å². The van der Waals surface area contributed by atoms with Gasteiger partial charge in [-0.1, -0.05) is 36.4 Å². The van der Waals surface area contributed by atoms with Crippen LogP contribution in [0.2, 0.25) is 0 Å². The van der Waals surface area contributed by atoms with Crippen LogP contribution in [-0.2, 0) is 17.8 Å². The van der Waals surface area contributed by atoms with Crippen molar-refractivity contribution in [2.75, 3.05) is 39.3 Å². The van der Waals surface area contributed by atoms with Crippen LogP contribution in [0.5, 0.6) is 0 Å². The summed E-state index contributed by atoms with van der Waals surface area (Å²) < 4.78 is 0. The molecule has 5 nitrogen and oxygen atoms in total. The summed E-state index contributed by atoms with van der Waals surface area (Å²) >= 11 is 0. The predicted molar refractivity (Wildman–Crippen MR) is 104 cm³/mol. The van der Waals surface area contributed by atoms with Crippen molar-refractivity contribution in [1.29, 1.82) is 0 Å². The Hall–Kier alpha value is -2.24. The fourth-order valence-corrected chi connectivity index (χ4v) is 3.25. The maximum absolute atomic E-state index is 12.1. The van der Waals surface area contributed by atoms with Crippen molar-refractivity contribution in [1.82, 2.24) is 20.1 Å². The van der Waals surface area contributed by atoms with Crippen molar-refractivity contribution in [2.24, 2.45) is 0 Å². The number of aromatic nitrogens is 1. The molecule has 3 rings (SSSR count). The Morgan fingerprint density at radius 2 is 1.69 bits per heavy atom. The third-order valence-electron chi connectivity index (χ3n) is 4.75. The molecule has 0 bridgehead atoms. The highest BCUT2D eigenvalue weighted by Gasteiger charge is 2.19. The molecule has 0 radical (unpaired) electrons. The first-order chi connectivity index (χ1) is 12.8. The molecule has 1 N–H and O–H groups in total. The molecular weight excluding hydrogens is 324 g/mol. The molecule has 1 aliphatic heterocycles. The lowest BCUT2D eigenvalue weighted by molar-refractivity contribution is -0.122. The number of carbonyl (C=O) groups excluding carboxylic acids is 1. The van der Waals surface area contributed by atoms with E-state index in [1.165, 1.54) is 5.56 Å². The standard InChI is InChI=1S/C21H28N4O/c26-21(23-12-6-9-19-7-2-1-3-8-19)18-25-15-13-24(14-16-25)17-20-10-4-5-11-22-20/h1-5,7-8,10-11H,6,9,12-18H2,(H,23,26). The topological polar surface area (TPSA) is 48.5 Å². The van der Waals surface area contributed by atoms with Crippen molar-refractivity contribution in [3.05, 3.63) is 66.0 Å². The summed E-state index contributed by atoms with van der Waals surface area (Å²) in [4.78, 5) is 21.1. The number of piperazine rings is 1. The summed E-state index contributed by atoms with van der Waals surface area (Å²) in [7, 11) is 0. The highest BCUT2D eigenvalue weighted by atomic mass is 16.2. The molecule has 138 valence electrons. The van der Waals surface area contributed by atoms with Crippen LogP contribution in [0.3, 0.4) is 0 Å². The van der Waals surface area contributed by atoms with Crippen molar-refractivity contribution < 1.29 is 4.79 Å². The van der Waals surface area contributed by atoms with Gasteiger partial charge in [-0.25, -0.2) is 0 Å². The monoisotopic (exact) mass is 352 g/mol. The highest BCUT2D eigenvalue weighted by molar-refractivity contribution is 5.77. The Kier molecular flexibility index (Phi) is 7.16. The van der Waals surface area contributed by atoms with E-state index in [2.05, 4.69) is 50.4 Å². The minimum atomic E-state index is 0.135. The molecule has 2 heterocycles. The van der Waals surface area contributed by atoms with E-state index in [9.17, 15) is 4.79 Å². The minimum Gasteiger partial charge on any atom is -0.355 e. The molecule has 1 fully saturated rings. The first-order valence-corrected chi connectivity index (χ1v) is 9.45. The van der Waals surface area contributed by atoms with Crippen LogP contribution in [0.4, 0.5) is 0 Å². The maximum atomic E-state index is 12.1. The largest absolute Gasteiger partial charge is 0.355 e. The van der Waals surface area contributed by atoms with E-state index in [0.29, 0.717) is 6.54 Å². The van der Waals surface area contributed by atoms with Gasteiger partial charge >= 0.3 is 0 Å². The smallest absolute Gasteiger partial charge is 0.234 e. The van der Waals surface area contributed by atoms with Gasteiger partial charge in [0, 0.05) is 45.5 Å². The van der Waals surface area contributed by atoms with Crippen LogP contribution >= 0.6 is 0 Å². The van der Waals surface area contributed by atoms with Crippen LogP contribution in [0.25, 0.3) is 0 Å². The van der Waals surface area contributed by atoms with E-state index in [1.807, 2.05) is 24.4 Å². The molecule has 2 aromatic rings. The normalized spacial score (nSPS) is 15.7. The molecule has 26 heavy (non-hydrogen) atoms. The third-order valence-corrected chi connectivity index (χ3v) is 4.75. The molecule has 1 saturated heterocycles. The van der Waals surface area contributed by atoms with Gasteiger partial charge in [0.25, 0.3) is 0 Å². The molecular formula is C21H28N4O. The van der Waals surface area contributed by atoms with Crippen LogP contribution in [0.15, 0.2) is 54.7 Å². The number of benzene rings is 1. The number of rotatable bonds is 8. The van der Waals surface area contributed by atoms with Gasteiger partial charge in [0.1, 0.15) is 0 Å². The number of hydrogen-bond acceptors (Lipinski definition) is 4. The predicted octanol–water partition coefficient (Wildman–Crippen LogP) is 1.95. The molecule has 1 amide bonds. The van der Waals surface area contributed by atoms with Crippen molar-refractivity contribution in [3.8, 4) is 0 Å². The van der Waals surface area contributed by atoms with E-state index < -0.39 is 0 Å². The molecule has 1 aromatic carbocycles. The molecule has 0 saturated carbocycles. The molecule has 0 unspecified atom stereocenters. The van der Waals surface area contributed by atoms with E-state index >= 15 is 0 Å². The van der Waals surface area contributed by atoms with Crippen molar-refractivity contribution in [3.63, 3.8) is 0 Å². The van der Waals surface area contributed by atoms with Gasteiger partial charge in [-0.15, -0.1) is 0 Å². The number of nitrogens with one attached hydrogen (secondary N) is 1. The third kappa shape index (κ3) is 6.24. The Morgan fingerprint density at radius 1 is 0.962 bits per heavy atom. The number of nitrogens with zero attached hydrogens (tertiary/aromatic N) is 3. The van der Waals surface area contributed by atoms with Gasteiger partial charge in [0.05, 0.1) is 12.2 Å². The van der Waals surface area contributed by atoms with Crippen molar-refractivity contribution in [2.45, 2.75) is 19.4 Å². The number of carbonyl (C=O) groups is 1. The Morgan fingerprint density at radius 3 is 2.42 bits per heavy atom. The van der Waals surface area contributed by atoms with E-state index in [1.54, 1.807) is 0 Å². The summed E-state index contributed by atoms with van der Waals surface area (Å²) in [5, 5.41) is 3.05. The summed E-state index contributed by atoms with van der Waals surface area (Å²) in [6.45, 7) is 5.97. The first-order valence-electron chi connectivity index (χ1n) is 9.45. The second kappa shape index (κ2) is 10.0. The molecule has 0 spiro atoms. The van der Waals surface area contributed by atoms with Crippen molar-refractivity contribution >= 4 is 5.91 Å². The summed E-state index contributed by atoms with van der Waals surface area (Å²) in [5.74, 6) is 0.135. The number of pyridine rings is 1. The maximum Gasteiger partial charge on any atom is 0.234 e. The number of hydrogen-bond donors (Lipinski definition) is 1. The minimum absolute atomic E-state index is 0.135. The van der Waals surface area contributed by atoms with Crippen LogP contribution in [0, 0.1) is 0 Å². The Balaban J connectivity index is 1.28.